The van der Waals surface area contributed by atoms with Gasteiger partial charge in [0.15, 0.2) is 5.17 Å². The number of carbonyl (C=O) groups is 2. The Morgan fingerprint density at radius 2 is 1.86 bits per heavy atom. The highest BCUT2D eigenvalue weighted by atomic mass is 32.2. The largest absolute Gasteiger partial charge is 0.492 e. The van der Waals surface area contributed by atoms with Crippen molar-refractivity contribution in [2.45, 2.75) is 18.4 Å². The summed E-state index contributed by atoms with van der Waals surface area (Å²) in [5.74, 6) is 0.505. The van der Waals surface area contributed by atoms with E-state index in [4.69, 9.17) is 15.5 Å². The minimum Gasteiger partial charge on any atom is -0.492 e. The van der Waals surface area contributed by atoms with Crippen molar-refractivity contribution >= 4 is 63.3 Å². The molecule has 2 aliphatic heterocycles. The van der Waals surface area contributed by atoms with Crippen molar-refractivity contribution in [2.24, 2.45) is 10.7 Å². The van der Waals surface area contributed by atoms with Gasteiger partial charge in [-0.05, 0) is 68.7 Å². The number of hydrogen-bond acceptors (Lipinski definition) is 10. The number of hydrogen-bond donors (Lipinski definition) is 3. The predicted molar refractivity (Wildman–Crippen MR) is 182 cm³/mol. The van der Waals surface area contributed by atoms with Crippen LogP contribution in [0.2, 0.25) is 0 Å². The Balaban J connectivity index is 1.53. The van der Waals surface area contributed by atoms with Crippen LogP contribution in [-0.4, -0.2) is 74.2 Å². The number of likely N-dealkylation sites (N-methyl/N-ethyl adjacent to an activating group) is 1. The predicted octanol–water partition coefficient (Wildman–Crippen LogP) is 5.13. The van der Waals surface area contributed by atoms with Crippen LogP contribution >= 0.6 is 23.5 Å². The van der Waals surface area contributed by atoms with Gasteiger partial charge in [-0.3, -0.25) is 14.5 Å². The van der Waals surface area contributed by atoms with Crippen LogP contribution in [0.3, 0.4) is 0 Å². The van der Waals surface area contributed by atoms with Gasteiger partial charge in [0, 0.05) is 36.8 Å². The van der Waals surface area contributed by atoms with Crippen LogP contribution in [0.5, 0.6) is 5.75 Å². The summed E-state index contributed by atoms with van der Waals surface area (Å²) in [5, 5.41) is 7.71. The van der Waals surface area contributed by atoms with Crippen LogP contribution in [0.4, 0.5) is 22.7 Å². The van der Waals surface area contributed by atoms with Crippen molar-refractivity contribution in [1.29, 1.82) is 0 Å². The molecule has 1 fully saturated rings. The lowest BCUT2D eigenvalue weighted by atomic mass is 10.2. The first-order valence-corrected chi connectivity index (χ1v) is 16.0. The summed E-state index contributed by atoms with van der Waals surface area (Å²) in [6, 6.07) is 21.4. The highest BCUT2D eigenvalue weighted by molar-refractivity contribution is 8.19. The van der Waals surface area contributed by atoms with Crippen LogP contribution < -0.4 is 26.0 Å². The van der Waals surface area contributed by atoms with E-state index in [1.54, 1.807) is 16.7 Å². The van der Waals surface area contributed by atoms with E-state index in [0.717, 1.165) is 32.6 Å². The van der Waals surface area contributed by atoms with E-state index in [0.29, 0.717) is 47.7 Å². The average Bonchev–Trinajstić information content (AvgIpc) is 3.48. The zero-order chi connectivity index (χ0) is 31.2. The van der Waals surface area contributed by atoms with Gasteiger partial charge >= 0.3 is 0 Å². The highest BCUT2D eigenvalue weighted by Crippen LogP contribution is 2.51. The fraction of sp³-hybridized carbons (Fsp3) is 0.281. The Kier molecular flexibility index (Phi) is 10.2. The smallest absolute Gasteiger partial charge is 0.269 e. The molecule has 0 radical (unpaired) electrons. The number of aliphatic imine (C=N–C) groups is 1. The molecule has 0 bridgehead atoms. The van der Waals surface area contributed by atoms with E-state index >= 15 is 0 Å². The van der Waals surface area contributed by atoms with Crippen LogP contribution in [0, 0.1) is 0 Å². The number of nitrogens with two attached hydrogens (primary N) is 1. The van der Waals surface area contributed by atoms with Gasteiger partial charge in [0.2, 0.25) is 5.91 Å². The number of nitrogens with one attached hydrogen (secondary N) is 2. The van der Waals surface area contributed by atoms with Crippen molar-refractivity contribution in [3.8, 4) is 5.75 Å². The van der Waals surface area contributed by atoms with Gasteiger partial charge in [-0.1, -0.05) is 42.1 Å². The SMILES string of the molecule is CCNc1ccc(NC(=O)CN(C)C)cc1N=C1SC(=C2Sc3ccc(OCCN)cc3N2C)C(=O)N1Cc1ccccc1. The van der Waals surface area contributed by atoms with Crippen molar-refractivity contribution in [3.05, 3.63) is 82.2 Å². The fourth-order valence-electron chi connectivity index (χ4n) is 4.75. The molecule has 2 heterocycles. The molecular weight excluding hydrogens is 595 g/mol. The second-order valence-electron chi connectivity index (χ2n) is 10.5. The molecular formula is C32H37N7O3S2. The average molecular weight is 632 g/mol. The Labute approximate surface area is 266 Å². The Bertz CT molecular complexity index is 1590. The summed E-state index contributed by atoms with van der Waals surface area (Å²) in [6.45, 7) is 4.20. The third-order valence-corrected chi connectivity index (χ3v) is 9.19. The molecule has 2 amide bonds. The normalized spacial score (nSPS) is 17.0. The number of benzene rings is 3. The number of anilines is 3. The number of ether oxygens (including phenoxy) is 1. The monoisotopic (exact) mass is 631 g/mol. The van der Waals surface area contributed by atoms with Gasteiger partial charge in [0.05, 0.1) is 35.2 Å². The van der Waals surface area contributed by atoms with E-state index in [9.17, 15) is 9.59 Å². The Hall–Kier alpha value is -3.97. The van der Waals surface area contributed by atoms with Crippen molar-refractivity contribution in [2.75, 3.05) is 62.9 Å². The van der Waals surface area contributed by atoms with Crippen molar-refractivity contribution in [1.82, 2.24) is 9.80 Å². The Morgan fingerprint density at radius 3 is 2.59 bits per heavy atom. The van der Waals surface area contributed by atoms with Crippen LogP contribution in [0.15, 0.2) is 86.6 Å². The molecule has 4 N–H and O–H groups in total. The summed E-state index contributed by atoms with van der Waals surface area (Å²) in [4.78, 5) is 38.9. The van der Waals surface area contributed by atoms with Gasteiger partial charge in [0.1, 0.15) is 17.3 Å². The number of amidine groups is 1. The van der Waals surface area contributed by atoms with Crippen molar-refractivity contribution in [3.63, 3.8) is 0 Å². The molecule has 0 unspecified atom stereocenters. The lowest BCUT2D eigenvalue weighted by Crippen LogP contribution is -2.29. The molecule has 3 aromatic rings. The first-order valence-electron chi connectivity index (χ1n) is 14.3. The summed E-state index contributed by atoms with van der Waals surface area (Å²) < 4.78 is 5.75. The molecule has 0 atom stereocenters. The second-order valence-corrected chi connectivity index (χ2v) is 12.5. The molecule has 0 spiro atoms. The lowest BCUT2D eigenvalue weighted by Gasteiger charge is -2.18. The van der Waals surface area contributed by atoms with E-state index in [1.165, 1.54) is 11.8 Å². The van der Waals surface area contributed by atoms with Gasteiger partial charge in [-0.25, -0.2) is 4.99 Å². The molecule has 3 aromatic carbocycles. The molecule has 2 aliphatic rings. The standard InChI is InChI=1S/C32H37N7O3S2/c1-5-34-24-13-11-22(35-28(40)20-37(2)3)17-25(24)36-32-39(19-21-9-7-6-8-10-21)30(41)29(44-32)31-38(4)26-18-23(42-16-15-33)12-14-27(26)43-31/h6-14,17-18,34H,5,15-16,19-20,33H2,1-4H3,(H,35,40). The second kappa shape index (κ2) is 14.2. The molecule has 0 saturated carbocycles. The van der Waals surface area contributed by atoms with Gasteiger partial charge < -0.3 is 30.9 Å². The number of rotatable bonds is 11. The molecule has 1 saturated heterocycles. The van der Waals surface area contributed by atoms with Crippen LogP contribution in [-0.2, 0) is 16.1 Å². The minimum atomic E-state index is -0.120. The zero-order valence-corrected chi connectivity index (χ0v) is 26.9. The van der Waals surface area contributed by atoms with Gasteiger partial charge in [0.25, 0.3) is 5.91 Å². The molecule has 0 aromatic heterocycles. The van der Waals surface area contributed by atoms with Crippen LogP contribution in [0.25, 0.3) is 0 Å². The highest BCUT2D eigenvalue weighted by Gasteiger charge is 2.39. The third kappa shape index (κ3) is 7.21. The lowest BCUT2D eigenvalue weighted by molar-refractivity contribution is -0.122. The number of amides is 2. The maximum Gasteiger partial charge on any atom is 0.269 e. The van der Waals surface area contributed by atoms with E-state index < -0.39 is 0 Å². The molecule has 44 heavy (non-hydrogen) atoms. The molecule has 12 heteroatoms. The number of thioether (sulfide) groups is 2. The van der Waals surface area contributed by atoms with E-state index in [-0.39, 0.29) is 18.4 Å². The molecule has 5 rings (SSSR count). The number of nitrogens with zero attached hydrogens (tertiary/aromatic N) is 4. The molecule has 230 valence electrons. The van der Waals surface area contributed by atoms with E-state index in [2.05, 4.69) is 10.6 Å². The summed E-state index contributed by atoms with van der Waals surface area (Å²) in [6.07, 6.45) is 0. The third-order valence-electron chi connectivity index (χ3n) is 6.76. The van der Waals surface area contributed by atoms with Crippen molar-refractivity contribution < 1.29 is 14.3 Å². The summed E-state index contributed by atoms with van der Waals surface area (Å²) >= 11 is 2.92. The molecule has 10 nitrogen and oxygen atoms in total. The summed E-state index contributed by atoms with van der Waals surface area (Å²) in [5.41, 5.74) is 9.66. The first-order chi connectivity index (χ1) is 21.3. The van der Waals surface area contributed by atoms with Gasteiger partial charge in [-0.2, -0.15) is 0 Å². The van der Waals surface area contributed by atoms with Gasteiger partial charge in [-0.15, -0.1) is 0 Å². The summed E-state index contributed by atoms with van der Waals surface area (Å²) in [7, 11) is 5.65. The minimum absolute atomic E-state index is 0.111. The topological polar surface area (TPSA) is 116 Å². The zero-order valence-electron chi connectivity index (χ0n) is 25.3. The first kappa shape index (κ1) is 31.5. The van der Waals surface area contributed by atoms with Crippen LogP contribution in [0.1, 0.15) is 12.5 Å². The number of fused-ring (bicyclic) bond motifs is 1. The number of carbonyl (C=O) groups excluding carboxylic acids is 2. The maximum atomic E-state index is 14.1. The van der Waals surface area contributed by atoms with E-state index in [1.807, 2.05) is 105 Å². The quantitative estimate of drug-likeness (QED) is 0.248. The molecule has 0 aliphatic carbocycles. The fourth-order valence-corrected chi connectivity index (χ4v) is 7.06. The Morgan fingerprint density at radius 1 is 1.07 bits per heavy atom. The maximum absolute atomic E-state index is 14.1.